The lowest BCUT2D eigenvalue weighted by atomic mass is 10.1. The molecule has 8 heteroatoms. The molecule has 0 bridgehead atoms. The van der Waals surface area contributed by atoms with Gasteiger partial charge in [0, 0.05) is 31.2 Å². The summed E-state index contributed by atoms with van der Waals surface area (Å²) in [6.07, 6.45) is 9.57. The fraction of sp³-hybridized carbons (Fsp3) is 0.368. The van der Waals surface area contributed by atoms with Crippen LogP contribution in [0.4, 0.5) is 5.82 Å². The largest absolute Gasteiger partial charge is 0.393 e. The fourth-order valence-electron chi connectivity index (χ4n) is 3.45. The van der Waals surface area contributed by atoms with Crippen LogP contribution in [0.2, 0.25) is 0 Å². The fourth-order valence-corrected chi connectivity index (χ4v) is 4.31. The second kappa shape index (κ2) is 7.58. The average molecular weight is 383 g/mol. The van der Waals surface area contributed by atoms with Gasteiger partial charge in [-0.2, -0.15) is 0 Å². The van der Waals surface area contributed by atoms with E-state index in [0.29, 0.717) is 29.2 Å². The number of imidazole rings is 1. The van der Waals surface area contributed by atoms with E-state index in [0.717, 1.165) is 12.0 Å². The summed E-state index contributed by atoms with van der Waals surface area (Å²) in [5, 5.41) is 15.3. The van der Waals surface area contributed by atoms with E-state index in [2.05, 4.69) is 20.3 Å². The number of hydrogen-bond donors (Lipinski definition) is 2. The van der Waals surface area contributed by atoms with Crippen LogP contribution in [0.3, 0.4) is 0 Å². The van der Waals surface area contributed by atoms with Gasteiger partial charge in [0.1, 0.15) is 12.1 Å². The highest BCUT2D eigenvalue weighted by molar-refractivity contribution is 7.12. The van der Waals surface area contributed by atoms with Crippen LogP contribution < -0.4 is 5.32 Å². The number of aliphatic hydroxyl groups is 1. The molecular formula is C19H21N5O2S. The second-order valence-corrected chi connectivity index (χ2v) is 7.94. The highest BCUT2D eigenvalue weighted by Crippen LogP contribution is 2.29. The number of aromatic nitrogens is 4. The number of thiophene rings is 1. The van der Waals surface area contributed by atoms with Crippen molar-refractivity contribution >= 4 is 22.9 Å². The summed E-state index contributed by atoms with van der Waals surface area (Å²) >= 11 is 1.42. The van der Waals surface area contributed by atoms with Gasteiger partial charge in [-0.25, -0.2) is 15.0 Å². The lowest BCUT2D eigenvalue weighted by Crippen LogP contribution is -2.20. The van der Waals surface area contributed by atoms with Crippen molar-refractivity contribution < 1.29 is 9.90 Å². The van der Waals surface area contributed by atoms with Crippen molar-refractivity contribution in [1.29, 1.82) is 0 Å². The smallest absolute Gasteiger partial charge is 0.208 e. The molecule has 0 amide bonds. The van der Waals surface area contributed by atoms with E-state index in [9.17, 15) is 9.90 Å². The first kappa shape index (κ1) is 17.8. The first-order valence-electron chi connectivity index (χ1n) is 8.92. The molecule has 3 aromatic heterocycles. The number of nitrogens with zero attached hydrogens (tertiary/aromatic N) is 4. The minimum Gasteiger partial charge on any atom is -0.393 e. The number of carbonyl (C=O) groups excluding carboxylic acids is 1. The number of ketones is 1. The molecule has 0 unspecified atom stereocenters. The van der Waals surface area contributed by atoms with Gasteiger partial charge in [-0.3, -0.25) is 4.79 Å². The van der Waals surface area contributed by atoms with Gasteiger partial charge in [0.25, 0.3) is 0 Å². The molecule has 1 saturated carbocycles. The van der Waals surface area contributed by atoms with Crippen LogP contribution in [-0.2, 0) is 6.54 Å². The van der Waals surface area contributed by atoms with Crippen molar-refractivity contribution in [2.75, 3.05) is 5.32 Å². The standard InChI is InChI=1S/C19H21N5O2S/c1-12-4-14(6-16(12)25)23-19-15(7-21-10-22-19)18(26)17-5-13(9-27-17)8-24-3-2-20-11-24/h2-3,5,7,9-12,14,16,25H,4,6,8H2,1H3,(H,21,22,23)/t12-,14-,16+/m1/s1. The highest BCUT2D eigenvalue weighted by atomic mass is 32.1. The van der Waals surface area contributed by atoms with E-state index < -0.39 is 0 Å². The number of aliphatic hydroxyl groups excluding tert-OH is 1. The molecule has 1 aliphatic carbocycles. The van der Waals surface area contributed by atoms with Crippen LogP contribution in [0, 0.1) is 5.92 Å². The molecule has 0 spiro atoms. The minimum absolute atomic E-state index is 0.0911. The molecule has 3 aromatic rings. The van der Waals surface area contributed by atoms with Gasteiger partial charge in [-0.15, -0.1) is 11.3 Å². The van der Waals surface area contributed by atoms with Crippen molar-refractivity contribution in [1.82, 2.24) is 19.5 Å². The van der Waals surface area contributed by atoms with Gasteiger partial charge in [0.15, 0.2) is 0 Å². The van der Waals surface area contributed by atoms with Gasteiger partial charge in [0.2, 0.25) is 5.78 Å². The first-order chi connectivity index (χ1) is 13.1. The zero-order chi connectivity index (χ0) is 18.8. The Hall–Kier alpha value is -2.58. The monoisotopic (exact) mass is 383 g/mol. The number of rotatable bonds is 6. The Balaban J connectivity index is 1.51. The molecule has 7 nitrogen and oxygen atoms in total. The van der Waals surface area contributed by atoms with Crippen LogP contribution >= 0.6 is 11.3 Å². The molecule has 1 fully saturated rings. The predicted molar refractivity (Wildman–Crippen MR) is 103 cm³/mol. The molecular weight excluding hydrogens is 362 g/mol. The van der Waals surface area contributed by atoms with Gasteiger partial charge >= 0.3 is 0 Å². The minimum atomic E-state index is -0.313. The van der Waals surface area contributed by atoms with E-state index in [1.807, 2.05) is 29.1 Å². The van der Waals surface area contributed by atoms with Gasteiger partial charge in [-0.1, -0.05) is 6.92 Å². The quantitative estimate of drug-likeness (QED) is 0.636. The van der Waals surface area contributed by atoms with Gasteiger partial charge in [-0.05, 0) is 35.8 Å². The number of nitrogens with one attached hydrogen (secondary N) is 1. The zero-order valence-corrected chi connectivity index (χ0v) is 15.8. The summed E-state index contributed by atoms with van der Waals surface area (Å²) in [4.78, 5) is 26.0. The maximum atomic E-state index is 13.0. The van der Waals surface area contributed by atoms with Crippen molar-refractivity contribution in [2.45, 2.75) is 38.5 Å². The third-order valence-electron chi connectivity index (χ3n) is 4.94. The maximum absolute atomic E-state index is 13.0. The highest BCUT2D eigenvalue weighted by Gasteiger charge is 2.30. The third-order valence-corrected chi connectivity index (χ3v) is 5.92. The Morgan fingerprint density at radius 1 is 1.41 bits per heavy atom. The lowest BCUT2D eigenvalue weighted by Gasteiger charge is -2.15. The van der Waals surface area contributed by atoms with Crippen molar-refractivity contribution in [3.63, 3.8) is 0 Å². The molecule has 27 heavy (non-hydrogen) atoms. The van der Waals surface area contributed by atoms with E-state index in [1.165, 1.54) is 17.7 Å². The topological polar surface area (TPSA) is 92.9 Å². The molecule has 140 valence electrons. The van der Waals surface area contributed by atoms with Gasteiger partial charge < -0.3 is 15.0 Å². The van der Waals surface area contributed by atoms with Crippen molar-refractivity contribution in [3.8, 4) is 0 Å². The molecule has 0 aromatic carbocycles. The molecule has 0 aliphatic heterocycles. The number of hydrogen-bond acceptors (Lipinski definition) is 7. The summed E-state index contributed by atoms with van der Waals surface area (Å²) in [6, 6.07) is 2.02. The summed E-state index contributed by atoms with van der Waals surface area (Å²) < 4.78 is 1.96. The number of carbonyl (C=O) groups is 1. The van der Waals surface area contributed by atoms with Crippen molar-refractivity contribution in [2.24, 2.45) is 5.92 Å². The molecule has 3 atom stereocenters. The number of anilines is 1. The van der Waals surface area contributed by atoms with E-state index in [-0.39, 0.29) is 23.8 Å². The van der Waals surface area contributed by atoms with Crippen LogP contribution in [0.5, 0.6) is 0 Å². The zero-order valence-electron chi connectivity index (χ0n) is 14.9. The van der Waals surface area contributed by atoms with Crippen LogP contribution in [-0.4, -0.2) is 42.6 Å². The SMILES string of the molecule is C[C@@H]1C[C@@H](Nc2ncncc2C(=O)c2cc(Cn3ccnc3)cs2)C[C@@H]1O. The second-order valence-electron chi connectivity index (χ2n) is 7.03. The third kappa shape index (κ3) is 3.91. The summed E-state index contributed by atoms with van der Waals surface area (Å²) in [6.45, 7) is 2.71. The first-order valence-corrected chi connectivity index (χ1v) is 9.80. The van der Waals surface area contributed by atoms with E-state index in [1.54, 1.807) is 18.7 Å². The molecule has 4 rings (SSSR count). The normalized spacial score (nSPS) is 22.1. The molecule has 2 N–H and O–H groups in total. The summed E-state index contributed by atoms with van der Waals surface area (Å²) in [5.41, 5.74) is 1.52. The Kier molecular flexibility index (Phi) is 5.00. The maximum Gasteiger partial charge on any atom is 0.208 e. The molecule has 0 saturated heterocycles. The lowest BCUT2D eigenvalue weighted by molar-refractivity contribution is 0.104. The Morgan fingerprint density at radius 2 is 2.30 bits per heavy atom. The van der Waals surface area contributed by atoms with Crippen molar-refractivity contribution in [3.05, 3.63) is 58.7 Å². The van der Waals surface area contributed by atoms with Crippen LogP contribution in [0.15, 0.2) is 42.7 Å². The Labute approximate surface area is 161 Å². The van der Waals surface area contributed by atoms with Crippen LogP contribution in [0.25, 0.3) is 0 Å². The summed E-state index contributed by atoms with van der Waals surface area (Å²) in [7, 11) is 0. The summed E-state index contributed by atoms with van der Waals surface area (Å²) in [5.74, 6) is 0.684. The molecule has 1 aliphatic rings. The van der Waals surface area contributed by atoms with Gasteiger partial charge in [0.05, 0.1) is 22.9 Å². The average Bonchev–Trinajstić information content (AvgIpc) is 3.39. The molecule has 3 heterocycles. The predicted octanol–water partition coefficient (Wildman–Crippen LogP) is 2.59. The Bertz CT molecular complexity index is 914. The Morgan fingerprint density at radius 3 is 3.04 bits per heavy atom. The molecule has 0 radical (unpaired) electrons. The van der Waals surface area contributed by atoms with E-state index >= 15 is 0 Å². The van der Waals surface area contributed by atoms with E-state index in [4.69, 9.17) is 0 Å². The van der Waals surface area contributed by atoms with Crippen LogP contribution in [0.1, 0.15) is 40.6 Å².